The van der Waals surface area contributed by atoms with E-state index in [1.165, 1.54) is 18.3 Å². The second-order valence-electron chi connectivity index (χ2n) is 6.09. The molecule has 1 aliphatic carbocycles. The van der Waals surface area contributed by atoms with Crippen molar-refractivity contribution in [3.8, 4) is 0 Å². The molecule has 0 fully saturated rings. The average Bonchev–Trinajstić information content (AvgIpc) is 2.63. The molecule has 0 bridgehead atoms. The number of sulfonamides is 1. The number of amides is 1. The van der Waals surface area contributed by atoms with Crippen LogP contribution in [0.15, 0.2) is 79.2 Å². The number of nitrogens with zero attached hydrogens (tertiary/aromatic N) is 1. The van der Waals surface area contributed by atoms with Crippen molar-refractivity contribution in [1.29, 1.82) is 0 Å². The highest BCUT2D eigenvalue weighted by Crippen LogP contribution is 2.37. The van der Waals surface area contributed by atoms with E-state index in [0.29, 0.717) is 5.69 Å². The zero-order valence-corrected chi connectivity index (χ0v) is 14.8. The van der Waals surface area contributed by atoms with Crippen molar-refractivity contribution in [3.05, 3.63) is 84.7 Å². The number of carbonyl (C=O) groups is 1. The number of allylic oxidation sites excluding steroid dienone is 2. The summed E-state index contributed by atoms with van der Waals surface area (Å²) in [6, 6.07) is 12.4. The van der Waals surface area contributed by atoms with Crippen molar-refractivity contribution in [3.63, 3.8) is 0 Å². The molecule has 3 N–H and O–H groups in total. The second-order valence-corrected chi connectivity index (χ2v) is 8.06. The summed E-state index contributed by atoms with van der Waals surface area (Å²) in [6.45, 7) is 0. The molecule has 7 heteroatoms. The molecule has 0 radical (unpaired) electrons. The molecule has 1 amide bonds. The Bertz CT molecular complexity index is 941. The Kier molecular flexibility index (Phi) is 4.90. The third-order valence-corrected chi connectivity index (χ3v) is 6.40. The molecule has 3 rings (SSSR count). The van der Waals surface area contributed by atoms with E-state index in [1.54, 1.807) is 30.5 Å². The fraction of sp³-hybridized carbons (Fsp3) is 0.158. The van der Waals surface area contributed by atoms with Crippen molar-refractivity contribution >= 4 is 21.6 Å². The van der Waals surface area contributed by atoms with Crippen LogP contribution in [0.2, 0.25) is 0 Å². The number of rotatable bonds is 6. The third kappa shape index (κ3) is 3.39. The highest BCUT2D eigenvalue weighted by molar-refractivity contribution is 7.94. The molecule has 2 atom stereocenters. The number of hydrogen-bond donors (Lipinski definition) is 2. The first-order chi connectivity index (χ1) is 12.4. The minimum Gasteiger partial charge on any atom is -0.369 e. The summed E-state index contributed by atoms with van der Waals surface area (Å²) in [5, 5.41) is 0. The lowest BCUT2D eigenvalue weighted by molar-refractivity contribution is -0.121. The molecule has 6 nitrogen and oxygen atoms in total. The number of aromatic nitrogens is 1. The van der Waals surface area contributed by atoms with Gasteiger partial charge in [0.1, 0.15) is 4.75 Å². The van der Waals surface area contributed by atoms with Gasteiger partial charge < -0.3 is 5.73 Å². The summed E-state index contributed by atoms with van der Waals surface area (Å²) < 4.78 is 27.7. The maximum atomic E-state index is 13.4. The molecule has 1 aromatic heterocycles. The summed E-state index contributed by atoms with van der Waals surface area (Å²) in [6.07, 6.45) is 9.41. The minimum atomic E-state index is -4.02. The Morgan fingerprint density at radius 1 is 1.15 bits per heavy atom. The van der Waals surface area contributed by atoms with Gasteiger partial charge in [-0.05, 0) is 24.1 Å². The average molecular weight is 369 g/mol. The number of anilines is 1. The van der Waals surface area contributed by atoms with E-state index in [4.69, 9.17) is 5.73 Å². The Balaban J connectivity index is 2.09. The van der Waals surface area contributed by atoms with E-state index in [9.17, 15) is 13.2 Å². The number of primary amides is 1. The lowest BCUT2D eigenvalue weighted by atomic mass is 9.82. The minimum absolute atomic E-state index is 0.109. The molecule has 1 aliphatic rings. The normalized spacial score (nSPS) is 22.1. The number of pyridine rings is 1. The zero-order valence-electron chi connectivity index (χ0n) is 13.9. The summed E-state index contributed by atoms with van der Waals surface area (Å²) in [5.41, 5.74) is 6.67. The zero-order chi connectivity index (χ0) is 18.6. The standard InChI is InChI=1S/C19H19N3O3S/c20-18(23)17-10-4-5-11-19(17,13-15-7-2-1-3-8-15)26(24,25)22-16-9-6-12-21-14-16/h1-12,14,17,22H,13H2,(H2,20,23). The molecule has 0 spiro atoms. The van der Waals surface area contributed by atoms with Gasteiger partial charge in [0.25, 0.3) is 0 Å². The number of benzene rings is 1. The van der Waals surface area contributed by atoms with Crippen LogP contribution in [0.25, 0.3) is 0 Å². The van der Waals surface area contributed by atoms with Crippen LogP contribution < -0.4 is 10.5 Å². The molecule has 1 aromatic carbocycles. The second kappa shape index (κ2) is 7.13. The van der Waals surface area contributed by atoms with E-state index in [1.807, 2.05) is 30.3 Å². The first kappa shape index (κ1) is 17.9. The molecule has 0 saturated carbocycles. The SMILES string of the molecule is NC(=O)C1C=CC=CC1(Cc1ccccc1)S(=O)(=O)Nc1cccnc1. The monoisotopic (exact) mass is 369 g/mol. The van der Waals surface area contributed by atoms with E-state index in [2.05, 4.69) is 9.71 Å². The van der Waals surface area contributed by atoms with Crippen molar-refractivity contribution < 1.29 is 13.2 Å². The topological polar surface area (TPSA) is 102 Å². The fourth-order valence-electron chi connectivity index (χ4n) is 3.10. The molecular formula is C19H19N3O3S. The predicted octanol–water partition coefficient (Wildman–Crippen LogP) is 2.03. The van der Waals surface area contributed by atoms with Gasteiger partial charge in [-0.25, -0.2) is 8.42 Å². The lowest BCUT2D eigenvalue weighted by Crippen LogP contribution is -2.53. The van der Waals surface area contributed by atoms with Crippen LogP contribution in [0.4, 0.5) is 5.69 Å². The molecular weight excluding hydrogens is 350 g/mol. The summed E-state index contributed by atoms with van der Waals surface area (Å²) >= 11 is 0. The van der Waals surface area contributed by atoms with Crippen LogP contribution in [0.5, 0.6) is 0 Å². The van der Waals surface area contributed by atoms with Crippen molar-refractivity contribution in [2.45, 2.75) is 11.2 Å². The fourth-order valence-corrected chi connectivity index (χ4v) is 4.87. The smallest absolute Gasteiger partial charge is 0.243 e. The Hall–Kier alpha value is -2.93. The Morgan fingerprint density at radius 2 is 1.92 bits per heavy atom. The van der Waals surface area contributed by atoms with Crippen molar-refractivity contribution in [1.82, 2.24) is 4.98 Å². The van der Waals surface area contributed by atoms with Gasteiger partial charge in [0.15, 0.2) is 0 Å². The van der Waals surface area contributed by atoms with Crippen LogP contribution >= 0.6 is 0 Å². The summed E-state index contributed by atoms with van der Waals surface area (Å²) in [5.74, 6) is -1.69. The Labute approximate surface area is 152 Å². The van der Waals surface area contributed by atoms with Gasteiger partial charge in [-0.3, -0.25) is 14.5 Å². The van der Waals surface area contributed by atoms with E-state index >= 15 is 0 Å². The van der Waals surface area contributed by atoms with Gasteiger partial charge in [0, 0.05) is 6.20 Å². The van der Waals surface area contributed by atoms with Gasteiger partial charge in [-0.1, -0.05) is 54.6 Å². The molecule has 2 aromatic rings. The predicted molar refractivity (Wildman–Crippen MR) is 101 cm³/mol. The number of nitrogens with two attached hydrogens (primary N) is 1. The van der Waals surface area contributed by atoms with Crippen LogP contribution in [-0.4, -0.2) is 24.1 Å². The van der Waals surface area contributed by atoms with Crippen molar-refractivity contribution in [2.75, 3.05) is 4.72 Å². The molecule has 1 heterocycles. The molecule has 26 heavy (non-hydrogen) atoms. The van der Waals surface area contributed by atoms with Gasteiger partial charge in [0.05, 0.1) is 17.8 Å². The quantitative estimate of drug-likeness (QED) is 0.813. The highest BCUT2D eigenvalue weighted by atomic mass is 32.2. The van der Waals surface area contributed by atoms with E-state index < -0.39 is 26.6 Å². The van der Waals surface area contributed by atoms with Crippen LogP contribution in [0.1, 0.15) is 5.56 Å². The first-order valence-corrected chi connectivity index (χ1v) is 9.55. The number of hydrogen-bond acceptors (Lipinski definition) is 4. The molecule has 2 unspecified atom stereocenters. The Morgan fingerprint density at radius 3 is 2.58 bits per heavy atom. The van der Waals surface area contributed by atoms with Gasteiger partial charge in [0.2, 0.25) is 15.9 Å². The first-order valence-electron chi connectivity index (χ1n) is 8.06. The lowest BCUT2D eigenvalue weighted by Gasteiger charge is -2.36. The maximum absolute atomic E-state index is 13.4. The molecule has 0 saturated heterocycles. The van der Waals surface area contributed by atoms with Crippen LogP contribution in [0.3, 0.4) is 0 Å². The number of carbonyl (C=O) groups excluding carboxylic acids is 1. The number of nitrogens with one attached hydrogen (secondary N) is 1. The van der Waals surface area contributed by atoms with Gasteiger partial charge in [-0.2, -0.15) is 0 Å². The van der Waals surface area contributed by atoms with Gasteiger partial charge in [-0.15, -0.1) is 0 Å². The van der Waals surface area contributed by atoms with E-state index in [-0.39, 0.29) is 6.42 Å². The van der Waals surface area contributed by atoms with Crippen LogP contribution in [0, 0.1) is 5.92 Å². The van der Waals surface area contributed by atoms with Crippen LogP contribution in [-0.2, 0) is 21.2 Å². The highest BCUT2D eigenvalue weighted by Gasteiger charge is 2.50. The molecule has 134 valence electrons. The largest absolute Gasteiger partial charge is 0.369 e. The van der Waals surface area contributed by atoms with Gasteiger partial charge >= 0.3 is 0 Å². The van der Waals surface area contributed by atoms with E-state index in [0.717, 1.165) is 5.56 Å². The summed E-state index contributed by atoms with van der Waals surface area (Å²) in [4.78, 5) is 16.0. The van der Waals surface area contributed by atoms with Crippen molar-refractivity contribution in [2.24, 2.45) is 11.7 Å². The summed E-state index contributed by atoms with van der Waals surface area (Å²) in [7, 11) is -4.02. The molecule has 0 aliphatic heterocycles. The third-order valence-electron chi connectivity index (χ3n) is 4.36. The maximum Gasteiger partial charge on any atom is 0.243 e.